The Bertz CT molecular complexity index is 1140. The number of ether oxygens (including phenoxy) is 6. The summed E-state index contributed by atoms with van der Waals surface area (Å²) in [4.78, 5) is 14.8. The molecule has 0 heterocycles. The largest absolute Gasteiger partial charge is 0.493 e. The van der Waals surface area contributed by atoms with E-state index in [1.54, 1.807) is 28.4 Å². The smallest absolute Gasteiger partial charge is 0.303 e. The highest BCUT2D eigenvalue weighted by Crippen LogP contribution is 2.50. The molecule has 9 heteroatoms. The molecule has 1 aliphatic carbocycles. The molecule has 0 aliphatic heterocycles. The van der Waals surface area contributed by atoms with Gasteiger partial charge in [-0.2, -0.15) is 0 Å². The first-order valence-electron chi connectivity index (χ1n) is 14.6. The summed E-state index contributed by atoms with van der Waals surface area (Å²) in [6.07, 6.45) is 4.03. The van der Waals surface area contributed by atoms with Crippen LogP contribution >= 0.6 is 12.4 Å². The maximum atomic E-state index is 12.5. The number of fused-ring (bicyclic) bond motifs is 1. The summed E-state index contributed by atoms with van der Waals surface area (Å²) < 4.78 is 34.0. The second-order valence-corrected chi connectivity index (χ2v) is 11.3. The number of halogens is 1. The topological polar surface area (TPSA) is 75.7 Å². The molecule has 0 bridgehead atoms. The molecule has 0 amide bonds. The van der Waals surface area contributed by atoms with Gasteiger partial charge in [-0.25, -0.2) is 0 Å². The van der Waals surface area contributed by atoms with Gasteiger partial charge in [-0.3, -0.25) is 4.79 Å². The van der Waals surface area contributed by atoms with E-state index < -0.39 is 5.60 Å². The van der Waals surface area contributed by atoms with Gasteiger partial charge in [0.1, 0.15) is 5.60 Å². The molecule has 236 valence electrons. The Morgan fingerprint density at radius 3 is 2.24 bits per heavy atom. The summed E-state index contributed by atoms with van der Waals surface area (Å²) in [6.45, 7) is 8.84. The highest BCUT2D eigenvalue weighted by atomic mass is 35.5. The average Bonchev–Trinajstić information content (AvgIpc) is 2.96. The van der Waals surface area contributed by atoms with Crippen molar-refractivity contribution in [1.29, 1.82) is 0 Å². The van der Waals surface area contributed by atoms with E-state index in [1.807, 2.05) is 12.1 Å². The third-order valence-corrected chi connectivity index (χ3v) is 8.06. The van der Waals surface area contributed by atoms with E-state index in [2.05, 4.69) is 44.0 Å². The van der Waals surface area contributed by atoms with Gasteiger partial charge in [-0.1, -0.05) is 19.9 Å². The van der Waals surface area contributed by atoms with Crippen LogP contribution in [0.3, 0.4) is 0 Å². The van der Waals surface area contributed by atoms with Crippen molar-refractivity contribution in [3.63, 3.8) is 0 Å². The second-order valence-electron chi connectivity index (χ2n) is 11.3. The summed E-state index contributed by atoms with van der Waals surface area (Å²) in [5, 5.41) is 0. The molecule has 8 nitrogen and oxygen atoms in total. The van der Waals surface area contributed by atoms with E-state index >= 15 is 0 Å². The Morgan fingerprint density at radius 2 is 1.62 bits per heavy atom. The number of nitrogens with zero attached hydrogens (tertiary/aromatic N) is 1. The minimum absolute atomic E-state index is 0. The molecule has 3 rings (SSSR count). The number of esters is 1. The van der Waals surface area contributed by atoms with Crippen LogP contribution in [0.1, 0.15) is 62.6 Å². The number of carbonyl (C=O) groups is 1. The summed E-state index contributed by atoms with van der Waals surface area (Å²) in [5.41, 5.74) is 3.01. The number of rotatable bonds is 16. The molecule has 1 aliphatic rings. The summed E-state index contributed by atoms with van der Waals surface area (Å²) in [6, 6.07) is 10.3. The minimum atomic E-state index is -0.591. The fraction of sp³-hybridized carbons (Fsp3) is 0.606. The molecule has 0 N–H and O–H groups in total. The number of methoxy groups -OCH3 is 4. The molecule has 0 radical (unpaired) electrons. The van der Waals surface area contributed by atoms with E-state index in [1.165, 1.54) is 23.6 Å². The molecular weight excluding hydrogens is 558 g/mol. The number of hydrogen-bond acceptors (Lipinski definition) is 8. The molecule has 0 fully saturated rings. The van der Waals surface area contributed by atoms with Gasteiger partial charge in [0, 0.05) is 52.5 Å². The van der Waals surface area contributed by atoms with Gasteiger partial charge in [0.2, 0.25) is 0 Å². The normalized spacial score (nSPS) is 17.8. The summed E-state index contributed by atoms with van der Waals surface area (Å²) >= 11 is 0. The lowest BCUT2D eigenvalue weighted by Crippen LogP contribution is -2.48. The highest BCUT2D eigenvalue weighted by molar-refractivity contribution is 5.85. The number of likely N-dealkylation sites (N-methyl/N-ethyl adjacent to an activating group) is 1. The van der Waals surface area contributed by atoms with Crippen molar-refractivity contribution in [1.82, 2.24) is 4.90 Å². The molecule has 0 saturated heterocycles. The van der Waals surface area contributed by atoms with Crippen molar-refractivity contribution in [2.75, 3.05) is 61.8 Å². The average molecular weight is 608 g/mol. The fourth-order valence-corrected chi connectivity index (χ4v) is 6.11. The Kier molecular flexibility index (Phi) is 14.2. The van der Waals surface area contributed by atoms with Crippen LogP contribution in [0.15, 0.2) is 30.3 Å². The fourth-order valence-electron chi connectivity index (χ4n) is 6.11. The van der Waals surface area contributed by atoms with Crippen LogP contribution in [0.25, 0.3) is 0 Å². The van der Waals surface area contributed by atoms with Gasteiger partial charge >= 0.3 is 5.97 Å². The summed E-state index contributed by atoms with van der Waals surface area (Å²) in [7, 11) is 8.80. The predicted octanol–water partition coefficient (Wildman–Crippen LogP) is 6.10. The second kappa shape index (κ2) is 16.8. The van der Waals surface area contributed by atoms with E-state index in [0.29, 0.717) is 19.0 Å². The van der Waals surface area contributed by atoms with Crippen LogP contribution in [0.4, 0.5) is 0 Å². The van der Waals surface area contributed by atoms with Crippen molar-refractivity contribution in [2.45, 2.75) is 64.4 Å². The number of carbonyl (C=O) groups excluding carboxylic acids is 1. The van der Waals surface area contributed by atoms with E-state index in [9.17, 15) is 4.79 Å². The third-order valence-electron chi connectivity index (χ3n) is 8.06. The Labute approximate surface area is 258 Å². The SMILES string of the molecule is COCCCOc1ccc(CCN(C)CC[C@@]2(OC(C)=O)CCc3cc(OC)c(OC)cc3[C@@H]2C(C)C)cc1OC.Cl. The van der Waals surface area contributed by atoms with E-state index in [4.69, 9.17) is 28.4 Å². The standard InChI is InChI=1S/C33H49NO7.ClH/c1-23(2)32-27-22-31(39-8)30(38-7)21-26(27)12-14-33(32,41-24(3)35)15-17-34(4)16-13-25-10-11-28(29(20-25)37-6)40-19-9-18-36-5;/h10-11,20-23,32H,9,12-19H2,1-8H3;1H/t32-,33-;/m0./s1. The quantitative estimate of drug-likeness (QED) is 0.167. The lowest BCUT2D eigenvalue weighted by molar-refractivity contribution is -0.164. The van der Waals surface area contributed by atoms with Crippen molar-refractivity contribution in [2.24, 2.45) is 5.92 Å². The van der Waals surface area contributed by atoms with Gasteiger partial charge in [0.25, 0.3) is 0 Å². The highest BCUT2D eigenvalue weighted by Gasteiger charge is 2.47. The van der Waals surface area contributed by atoms with Gasteiger partial charge in [-0.05, 0) is 73.2 Å². The Balaban J connectivity index is 0.00000616. The zero-order chi connectivity index (χ0) is 30.0. The molecule has 0 unspecified atom stereocenters. The van der Waals surface area contributed by atoms with Crippen LogP contribution < -0.4 is 18.9 Å². The first-order valence-corrected chi connectivity index (χ1v) is 14.6. The molecule has 2 atom stereocenters. The number of hydrogen-bond donors (Lipinski definition) is 0. The maximum absolute atomic E-state index is 12.5. The maximum Gasteiger partial charge on any atom is 0.303 e. The Hall–Kier alpha value is -2.68. The van der Waals surface area contributed by atoms with Crippen molar-refractivity contribution in [3.8, 4) is 23.0 Å². The van der Waals surface area contributed by atoms with Crippen molar-refractivity contribution >= 4 is 18.4 Å². The number of aryl methyl sites for hydroxylation is 1. The third kappa shape index (κ3) is 8.91. The molecule has 0 saturated carbocycles. The minimum Gasteiger partial charge on any atom is -0.493 e. The molecule has 2 aromatic rings. The van der Waals surface area contributed by atoms with Crippen LogP contribution in [0.2, 0.25) is 0 Å². The lowest BCUT2D eigenvalue weighted by atomic mass is 9.65. The van der Waals surface area contributed by atoms with Crippen molar-refractivity contribution < 1.29 is 33.2 Å². The van der Waals surface area contributed by atoms with Gasteiger partial charge in [0.05, 0.1) is 27.9 Å². The van der Waals surface area contributed by atoms with E-state index in [0.717, 1.165) is 62.4 Å². The first-order chi connectivity index (χ1) is 19.7. The lowest BCUT2D eigenvalue weighted by Gasteiger charge is -2.47. The van der Waals surface area contributed by atoms with E-state index in [-0.39, 0.29) is 30.2 Å². The number of benzene rings is 2. The zero-order valence-corrected chi connectivity index (χ0v) is 27.4. The van der Waals surface area contributed by atoms with Crippen LogP contribution in [-0.2, 0) is 27.1 Å². The van der Waals surface area contributed by atoms with Gasteiger partial charge in [0.15, 0.2) is 23.0 Å². The molecule has 0 aromatic heterocycles. The molecule has 2 aromatic carbocycles. The zero-order valence-electron chi connectivity index (χ0n) is 26.6. The molecular formula is C33H50ClNO7. The van der Waals surface area contributed by atoms with Crippen LogP contribution in [-0.4, -0.2) is 78.3 Å². The van der Waals surface area contributed by atoms with Crippen LogP contribution in [0.5, 0.6) is 23.0 Å². The van der Waals surface area contributed by atoms with Gasteiger partial charge in [-0.15, -0.1) is 12.4 Å². The van der Waals surface area contributed by atoms with Gasteiger partial charge < -0.3 is 33.3 Å². The Morgan fingerprint density at radius 1 is 0.952 bits per heavy atom. The predicted molar refractivity (Wildman–Crippen MR) is 168 cm³/mol. The summed E-state index contributed by atoms with van der Waals surface area (Å²) in [5.74, 6) is 2.99. The van der Waals surface area contributed by atoms with Crippen LogP contribution in [0, 0.1) is 5.92 Å². The van der Waals surface area contributed by atoms with Crippen molar-refractivity contribution in [3.05, 3.63) is 47.0 Å². The molecule has 42 heavy (non-hydrogen) atoms. The first kappa shape index (κ1) is 35.5. The molecule has 0 spiro atoms. The monoisotopic (exact) mass is 607 g/mol.